The SMILES string of the molecule is Cc1nn(CC(O)CNCC2CC2C)c(C)c1[N+](=O)[O-]. The second-order valence-electron chi connectivity index (χ2n) is 5.74. The van der Waals surface area contributed by atoms with Crippen molar-refractivity contribution in [3.8, 4) is 0 Å². The minimum absolute atomic E-state index is 0.0389. The van der Waals surface area contributed by atoms with Crippen LogP contribution in [0.5, 0.6) is 0 Å². The molecule has 7 nitrogen and oxygen atoms in total. The van der Waals surface area contributed by atoms with Gasteiger partial charge in [-0.15, -0.1) is 0 Å². The maximum atomic E-state index is 10.9. The van der Waals surface area contributed by atoms with Gasteiger partial charge in [0.25, 0.3) is 0 Å². The van der Waals surface area contributed by atoms with Crippen LogP contribution in [0.2, 0.25) is 0 Å². The lowest BCUT2D eigenvalue weighted by Gasteiger charge is -2.12. The Morgan fingerprint density at radius 3 is 2.75 bits per heavy atom. The highest BCUT2D eigenvalue weighted by Gasteiger charge is 2.31. The molecule has 3 atom stereocenters. The summed E-state index contributed by atoms with van der Waals surface area (Å²) in [6, 6.07) is 0. The fourth-order valence-electron chi connectivity index (χ4n) is 2.51. The quantitative estimate of drug-likeness (QED) is 0.575. The monoisotopic (exact) mass is 282 g/mol. The van der Waals surface area contributed by atoms with Gasteiger partial charge in [-0.2, -0.15) is 5.10 Å². The zero-order valence-electron chi connectivity index (χ0n) is 12.2. The van der Waals surface area contributed by atoms with Gasteiger partial charge in [0, 0.05) is 6.54 Å². The summed E-state index contributed by atoms with van der Waals surface area (Å²) in [5.74, 6) is 1.52. The topological polar surface area (TPSA) is 93.2 Å². The molecule has 0 amide bonds. The summed E-state index contributed by atoms with van der Waals surface area (Å²) in [6.45, 7) is 7.17. The molecule has 1 saturated carbocycles. The third-order valence-corrected chi connectivity index (χ3v) is 3.97. The van der Waals surface area contributed by atoms with Crippen molar-refractivity contribution in [1.29, 1.82) is 0 Å². The number of nitrogens with one attached hydrogen (secondary N) is 1. The first-order valence-corrected chi connectivity index (χ1v) is 6.97. The van der Waals surface area contributed by atoms with E-state index in [1.807, 2.05) is 0 Å². The maximum Gasteiger partial charge on any atom is 0.312 e. The van der Waals surface area contributed by atoms with Crippen molar-refractivity contribution in [3.63, 3.8) is 0 Å². The molecular weight excluding hydrogens is 260 g/mol. The number of nitro groups is 1. The van der Waals surface area contributed by atoms with Crippen molar-refractivity contribution in [2.75, 3.05) is 13.1 Å². The highest BCUT2D eigenvalue weighted by molar-refractivity contribution is 5.39. The summed E-state index contributed by atoms with van der Waals surface area (Å²) >= 11 is 0. The Morgan fingerprint density at radius 2 is 2.25 bits per heavy atom. The maximum absolute atomic E-state index is 10.9. The Labute approximate surface area is 118 Å². The standard InChI is InChI=1S/C13H22N4O3/c1-8-4-11(8)5-14-6-12(18)7-16-10(3)13(17(19)20)9(2)15-16/h8,11-12,14,18H,4-7H2,1-3H3. The molecule has 0 radical (unpaired) electrons. The van der Waals surface area contributed by atoms with Gasteiger partial charge in [0.05, 0.1) is 17.6 Å². The second-order valence-corrected chi connectivity index (χ2v) is 5.74. The Kier molecular flexibility index (Phi) is 4.39. The molecule has 7 heteroatoms. The first-order valence-electron chi connectivity index (χ1n) is 6.97. The van der Waals surface area contributed by atoms with E-state index in [9.17, 15) is 15.2 Å². The lowest BCUT2D eigenvalue weighted by Crippen LogP contribution is -2.32. The minimum atomic E-state index is -0.596. The number of hydrogen-bond donors (Lipinski definition) is 2. The number of nitrogens with zero attached hydrogens (tertiary/aromatic N) is 3. The Morgan fingerprint density at radius 1 is 1.60 bits per heavy atom. The van der Waals surface area contributed by atoms with Gasteiger partial charge in [-0.1, -0.05) is 6.92 Å². The molecule has 20 heavy (non-hydrogen) atoms. The van der Waals surface area contributed by atoms with Crippen LogP contribution >= 0.6 is 0 Å². The predicted molar refractivity (Wildman–Crippen MR) is 74.5 cm³/mol. The van der Waals surface area contributed by atoms with Crippen molar-refractivity contribution in [2.24, 2.45) is 11.8 Å². The summed E-state index contributed by atoms with van der Waals surface area (Å²) in [5.41, 5.74) is 0.916. The molecule has 0 aromatic carbocycles. The van der Waals surface area contributed by atoms with E-state index in [1.165, 1.54) is 11.1 Å². The Hall–Kier alpha value is -1.47. The first kappa shape index (κ1) is 14.9. The molecule has 0 aliphatic heterocycles. The molecule has 1 aromatic rings. The fraction of sp³-hybridized carbons (Fsp3) is 0.769. The molecule has 1 aliphatic carbocycles. The lowest BCUT2D eigenvalue weighted by molar-refractivity contribution is -0.386. The van der Waals surface area contributed by atoms with Crippen LogP contribution < -0.4 is 5.32 Å². The van der Waals surface area contributed by atoms with Crippen molar-refractivity contribution in [2.45, 2.75) is 39.8 Å². The van der Waals surface area contributed by atoms with Crippen LogP contribution in [0.25, 0.3) is 0 Å². The smallest absolute Gasteiger partial charge is 0.312 e. The fourth-order valence-corrected chi connectivity index (χ4v) is 2.51. The van der Waals surface area contributed by atoms with E-state index in [4.69, 9.17) is 0 Å². The molecule has 1 aromatic heterocycles. The molecule has 0 saturated heterocycles. The average molecular weight is 282 g/mol. The molecule has 0 bridgehead atoms. The molecule has 2 N–H and O–H groups in total. The van der Waals surface area contributed by atoms with Crippen LogP contribution in [0, 0.1) is 35.8 Å². The van der Waals surface area contributed by atoms with Crippen LogP contribution in [-0.2, 0) is 6.54 Å². The van der Waals surface area contributed by atoms with Gasteiger partial charge >= 0.3 is 5.69 Å². The molecule has 1 aliphatic rings. The largest absolute Gasteiger partial charge is 0.390 e. The molecular formula is C13H22N4O3. The average Bonchev–Trinajstić information content (AvgIpc) is 2.95. The summed E-state index contributed by atoms with van der Waals surface area (Å²) in [6.07, 6.45) is 0.661. The number of rotatable bonds is 7. The predicted octanol–water partition coefficient (Wildman–Crippen LogP) is 1.01. The van der Waals surface area contributed by atoms with E-state index in [0.717, 1.165) is 18.4 Å². The van der Waals surface area contributed by atoms with E-state index >= 15 is 0 Å². The number of aliphatic hydroxyl groups is 1. The highest BCUT2D eigenvalue weighted by Crippen LogP contribution is 2.36. The van der Waals surface area contributed by atoms with Gasteiger partial charge < -0.3 is 10.4 Å². The third kappa shape index (κ3) is 3.34. The lowest BCUT2D eigenvalue weighted by atomic mass is 10.3. The number of aryl methyl sites for hydroxylation is 1. The first-order chi connectivity index (χ1) is 9.40. The molecule has 2 rings (SSSR count). The van der Waals surface area contributed by atoms with E-state index in [1.54, 1.807) is 13.8 Å². The normalized spacial score (nSPS) is 22.8. The second kappa shape index (κ2) is 5.88. The van der Waals surface area contributed by atoms with Crippen molar-refractivity contribution in [3.05, 3.63) is 21.5 Å². The molecule has 0 spiro atoms. The number of hydrogen-bond acceptors (Lipinski definition) is 5. The van der Waals surface area contributed by atoms with Crippen LogP contribution in [0.15, 0.2) is 0 Å². The van der Waals surface area contributed by atoms with E-state index in [0.29, 0.717) is 17.9 Å². The van der Waals surface area contributed by atoms with Crippen molar-refractivity contribution < 1.29 is 10.0 Å². The van der Waals surface area contributed by atoms with Crippen molar-refractivity contribution >= 4 is 5.69 Å². The Bertz CT molecular complexity index is 500. The van der Waals surface area contributed by atoms with Crippen LogP contribution in [0.4, 0.5) is 5.69 Å². The van der Waals surface area contributed by atoms with Gasteiger partial charge in [-0.05, 0) is 38.6 Å². The van der Waals surface area contributed by atoms with E-state index < -0.39 is 11.0 Å². The van der Waals surface area contributed by atoms with Gasteiger partial charge in [0.2, 0.25) is 0 Å². The summed E-state index contributed by atoms with van der Waals surface area (Å²) in [4.78, 5) is 10.5. The number of aromatic nitrogens is 2. The summed E-state index contributed by atoms with van der Waals surface area (Å²) < 4.78 is 1.51. The van der Waals surface area contributed by atoms with E-state index in [-0.39, 0.29) is 12.2 Å². The van der Waals surface area contributed by atoms with Crippen LogP contribution in [0.3, 0.4) is 0 Å². The molecule has 112 valence electrons. The Balaban J connectivity index is 1.85. The van der Waals surface area contributed by atoms with Crippen molar-refractivity contribution in [1.82, 2.24) is 15.1 Å². The third-order valence-electron chi connectivity index (χ3n) is 3.97. The van der Waals surface area contributed by atoms with Gasteiger partial charge in [-0.3, -0.25) is 14.8 Å². The number of aliphatic hydroxyl groups excluding tert-OH is 1. The van der Waals surface area contributed by atoms with Gasteiger partial charge in [-0.25, -0.2) is 0 Å². The zero-order chi connectivity index (χ0) is 14.9. The summed E-state index contributed by atoms with van der Waals surface area (Å²) in [7, 11) is 0. The van der Waals surface area contributed by atoms with E-state index in [2.05, 4.69) is 17.3 Å². The van der Waals surface area contributed by atoms with Gasteiger partial charge in [0.15, 0.2) is 0 Å². The highest BCUT2D eigenvalue weighted by atomic mass is 16.6. The zero-order valence-corrected chi connectivity index (χ0v) is 12.2. The van der Waals surface area contributed by atoms with Gasteiger partial charge in [0.1, 0.15) is 11.4 Å². The summed E-state index contributed by atoms with van der Waals surface area (Å²) in [5, 5.41) is 28.2. The molecule has 1 heterocycles. The minimum Gasteiger partial charge on any atom is -0.390 e. The van der Waals surface area contributed by atoms with Crippen LogP contribution in [-0.4, -0.2) is 39.0 Å². The molecule has 1 fully saturated rings. The molecule has 3 unspecified atom stereocenters. The van der Waals surface area contributed by atoms with Crippen LogP contribution in [0.1, 0.15) is 24.7 Å².